The first-order valence-electron chi connectivity index (χ1n) is 8.40. The first kappa shape index (κ1) is 15.6. The van der Waals surface area contributed by atoms with Crippen LogP contribution in [0.1, 0.15) is 12.8 Å². The molecule has 0 atom stereocenters. The lowest BCUT2D eigenvalue weighted by molar-refractivity contribution is -0.126. The largest absolute Gasteiger partial charge is 0.321 e. The van der Waals surface area contributed by atoms with Gasteiger partial charge < -0.3 is 10.6 Å². The van der Waals surface area contributed by atoms with E-state index >= 15 is 0 Å². The molecule has 2 N–H and O–H groups in total. The number of anilines is 1. The zero-order chi connectivity index (χ0) is 17.1. The van der Waals surface area contributed by atoms with Crippen LogP contribution in [0.4, 0.5) is 5.69 Å². The van der Waals surface area contributed by atoms with Crippen molar-refractivity contribution in [2.45, 2.75) is 18.4 Å². The monoisotopic (exact) mass is 336 g/mol. The van der Waals surface area contributed by atoms with Crippen LogP contribution in [-0.4, -0.2) is 38.6 Å². The number of piperidine rings is 1. The van der Waals surface area contributed by atoms with E-state index < -0.39 is 5.54 Å². The summed E-state index contributed by atoms with van der Waals surface area (Å²) in [7, 11) is 0. The highest BCUT2D eigenvalue weighted by Crippen LogP contribution is 2.28. The van der Waals surface area contributed by atoms with E-state index in [2.05, 4.69) is 20.8 Å². The molecule has 0 aliphatic carbocycles. The summed E-state index contributed by atoms with van der Waals surface area (Å²) in [6.45, 7) is 1.58. The van der Waals surface area contributed by atoms with E-state index in [0.29, 0.717) is 18.5 Å². The van der Waals surface area contributed by atoms with Crippen LogP contribution in [0.5, 0.6) is 0 Å². The molecule has 2 aromatic heterocycles. The quantitative estimate of drug-likeness (QED) is 0.761. The van der Waals surface area contributed by atoms with Crippen molar-refractivity contribution in [2.75, 3.05) is 18.4 Å². The van der Waals surface area contributed by atoms with Crippen LogP contribution >= 0.6 is 0 Å². The Morgan fingerprint density at radius 3 is 2.64 bits per heavy atom. The topological polar surface area (TPSA) is 76.8 Å². The third-order valence-electron chi connectivity index (χ3n) is 4.66. The fraction of sp³-hybridized carbons (Fsp3) is 0.278. The number of carbonyl (C=O) groups excluding carboxylic acids is 1. The van der Waals surface area contributed by atoms with Gasteiger partial charge in [-0.2, -0.15) is 10.2 Å². The molecule has 1 aliphatic heterocycles. The average molecular weight is 336 g/mol. The molecular formula is C18H20N6O. The van der Waals surface area contributed by atoms with Gasteiger partial charge in [0.2, 0.25) is 0 Å². The van der Waals surface area contributed by atoms with Gasteiger partial charge in [-0.25, -0.2) is 4.68 Å². The molecular weight excluding hydrogens is 316 g/mol. The zero-order valence-electron chi connectivity index (χ0n) is 13.8. The van der Waals surface area contributed by atoms with Crippen molar-refractivity contribution in [1.29, 1.82) is 0 Å². The van der Waals surface area contributed by atoms with Gasteiger partial charge in [0.1, 0.15) is 5.54 Å². The lowest BCUT2D eigenvalue weighted by Crippen LogP contribution is -2.52. The predicted octanol–water partition coefficient (Wildman–Crippen LogP) is 1.79. The Morgan fingerprint density at radius 1 is 1.12 bits per heavy atom. The van der Waals surface area contributed by atoms with Crippen molar-refractivity contribution in [3.8, 4) is 5.69 Å². The Hall–Kier alpha value is -2.93. The molecule has 1 fully saturated rings. The molecule has 3 aromatic rings. The van der Waals surface area contributed by atoms with Gasteiger partial charge >= 0.3 is 0 Å². The number of benzene rings is 1. The maximum absolute atomic E-state index is 13.1. The smallest absolute Gasteiger partial charge is 0.252 e. The molecule has 7 heteroatoms. The summed E-state index contributed by atoms with van der Waals surface area (Å²) < 4.78 is 3.53. The second-order valence-corrected chi connectivity index (χ2v) is 6.20. The van der Waals surface area contributed by atoms with Gasteiger partial charge in [0.05, 0.1) is 23.8 Å². The van der Waals surface area contributed by atoms with Gasteiger partial charge in [0.15, 0.2) is 0 Å². The normalized spacial score (nSPS) is 16.5. The Morgan fingerprint density at radius 2 is 1.92 bits per heavy atom. The maximum Gasteiger partial charge on any atom is 0.252 e. The summed E-state index contributed by atoms with van der Waals surface area (Å²) in [6.07, 6.45) is 8.47. The number of nitrogens with one attached hydrogen (secondary N) is 2. The highest BCUT2D eigenvalue weighted by molar-refractivity contribution is 5.96. The lowest BCUT2D eigenvalue weighted by atomic mass is 9.87. The first-order valence-corrected chi connectivity index (χ1v) is 8.40. The summed E-state index contributed by atoms with van der Waals surface area (Å²) in [5.74, 6) is -0.0506. The molecule has 4 rings (SSSR count). The van der Waals surface area contributed by atoms with Crippen LogP contribution in [0.25, 0.3) is 5.69 Å². The molecule has 0 unspecified atom stereocenters. The minimum absolute atomic E-state index is 0.0506. The standard InChI is InChI=1S/C18H20N6O/c25-17(18(7-10-19-11-8-18)24-12-4-9-20-24)22-15-13-21-23(14-15)16-5-2-1-3-6-16/h1-6,9,12-14,19H,7-8,10-11H2,(H,22,25). The van der Waals surface area contributed by atoms with E-state index in [1.807, 2.05) is 48.8 Å². The van der Waals surface area contributed by atoms with Crippen LogP contribution < -0.4 is 10.6 Å². The Kier molecular flexibility index (Phi) is 4.07. The van der Waals surface area contributed by atoms with Crippen molar-refractivity contribution in [2.24, 2.45) is 0 Å². The number of aromatic nitrogens is 4. The minimum atomic E-state index is -0.663. The van der Waals surface area contributed by atoms with Crippen LogP contribution in [0, 0.1) is 0 Å². The molecule has 1 aromatic carbocycles. The summed E-state index contributed by atoms with van der Waals surface area (Å²) in [5, 5.41) is 15.0. The Balaban J connectivity index is 1.57. The number of hydrogen-bond acceptors (Lipinski definition) is 4. The van der Waals surface area contributed by atoms with Gasteiger partial charge in [-0.3, -0.25) is 9.48 Å². The fourth-order valence-electron chi connectivity index (χ4n) is 3.28. The lowest BCUT2D eigenvalue weighted by Gasteiger charge is -2.36. The number of carbonyl (C=O) groups is 1. The molecule has 1 amide bonds. The molecule has 0 radical (unpaired) electrons. The number of nitrogens with zero attached hydrogens (tertiary/aromatic N) is 4. The molecule has 3 heterocycles. The van der Waals surface area contributed by atoms with E-state index in [9.17, 15) is 4.79 Å². The fourth-order valence-corrected chi connectivity index (χ4v) is 3.28. The number of hydrogen-bond donors (Lipinski definition) is 2. The number of rotatable bonds is 4. The Labute approximate surface area is 145 Å². The predicted molar refractivity (Wildman–Crippen MR) is 94.5 cm³/mol. The SMILES string of the molecule is O=C(Nc1cnn(-c2ccccc2)c1)C1(n2cccn2)CCNCC1. The van der Waals surface area contributed by atoms with Crippen LogP contribution in [0.2, 0.25) is 0 Å². The molecule has 0 saturated carbocycles. The van der Waals surface area contributed by atoms with E-state index in [0.717, 1.165) is 18.8 Å². The summed E-state index contributed by atoms with van der Waals surface area (Å²) >= 11 is 0. The van der Waals surface area contributed by atoms with Gasteiger partial charge in [-0.15, -0.1) is 0 Å². The molecule has 7 nitrogen and oxygen atoms in total. The van der Waals surface area contributed by atoms with E-state index in [-0.39, 0.29) is 5.91 Å². The second kappa shape index (κ2) is 6.52. The van der Waals surface area contributed by atoms with Crippen LogP contribution in [0.15, 0.2) is 61.2 Å². The first-order chi connectivity index (χ1) is 12.3. The van der Waals surface area contributed by atoms with E-state index in [1.165, 1.54) is 0 Å². The minimum Gasteiger partial charge on any atom is -0.321 e. The van der Waals surface area contributed by atoms with Crippen molar-refractivity contribution in [3.63, 3.8) is 0 Å². The summed E-state index contributed by atoms with van der Waals surface area (Å²) in [4.78, 5) is 13.1. The van der Waals surface area contributed by atoms with Crippen LogP contribution in [-0.2, 0) is 10.3 Å². The molecule has 1 aliphatic rings. The molecule has 0 bridgehead atoms. The van der Waals surface area contributed by atoms with Gasteiger partial charge in [-0.1, -0.05) is 18.2 Å². The molecule has 1 saturated heterocycles. The highest BCUT2D eigenvalue weighted by Gasteiger charge is 2.42. The third kappa shape index (κ3) is 2.94. The number of amides is 1. The van der Waals surface area contributed by atoms with Crippen molar-refractivity contribution in [3.05, 3.63) is 61.2 Å². The van der Waals surface area contributed by atoms with E-state index in [1.54, 1.807) is 21.8 Å². The van der Waals surface area contributed by atoms with Crippen molar-refractivity contribution >= 4 is 11.6 Å². The van der Waals surface area contributed by atoms with Gasteiger partial charge in [0.25, 0.3) is 5.91 Å². The van der Waals surface area contributed by atoms with Gasteiger partial charge in [0, 0.05) is 12.4 Å². The van der Waals surface area contributed by atoms with Gasteiger partial charge in [-0.05, 0) is 44.1 Å². The number of para-hydroxylation sites is 1. The second-order valence-electron chi connectivity index (χ2n) is 6.20. The van der Waals surface area contributed by atoms with Crippen molar-refractivity contribution < 1.29 is 4.79 Å². The third-order valence-corrected chi connectivity index (χ3v) is 4.66. The van der Waals surface area contributed by atoms with Crippen molar-refractivity contribution in [1.82, 2.24) is 24.9 Å². The molecule has 128 valence electrons. The molecule has 0 spiro atoms. The van der Waals surface area contributed by atoms with E-state index in [4.69, 9.17) is 0 Å². The zero-order valence-corrected chi connectivity index (χ0v) is 13.8. The summed E-state index contributed by atoms with van der Waals surface area (Å²) in [6, 6.07) is 11.7. The maximum atomic E-state index is 13.1. The average Bonchev–Trinajstić information content (AvgIpc) is 3.35. The highest BCUT2D eigenvalue weighted by atomic mass is 16.2. The molecule has 25 heavy (non-hydrogen) atoms. The van der Waals surface area contributed by atoms with Crippen LogP contribution in [0.3, 0.4) is 0 Å². The summed E-state index contributed by atoms with van der Waals surface area (Å²) in [5.41, 5.74) is 0.967. The Bertz CT molecular complexity index is 834.